The normalized spacial score (nSPS) is 10.0. The summed E-state index contributed by atoms with van der Waals surface area (Å²) in [6.45, 7) is 1.84. The van der Waals surface area contributed by atoms with Crippen LogP contribution < -0.4 is 20.5 Å². The van der Waals surface area contributed by atoms with Crippen LogP contribution in [-0.4, -0.2) is 20.1 Å². The lowest BCUT2D eigenvalue weighted by molar-refractivity contribution is 0.102. The van der Waals surface area contributed by atoms with Crippen molar-refractivity contribution in [1.29, 1.82) is 0 Å². The largest absolute Gasteiger partial charge is 0.497 e. The van der Waals surface area contributed by atoms with E-state index in [1.165, 1.54) is 0 Å². The van der Waals surface area contributed by atoms with Gasteiger partial charge in [0.1, 0.15) is 11.5 Å². The van der Waals surface area contributed by atoms with Gasteiger partial charge in [0.05, 0.1) is 14.2 Å². The number of nitrogens with one attached hydrogen (secondary N) is 1. The third-order valence-corrected chi connectivity index (χ3v) is 3.10. The number of amides is 1. The number of hydrogen-bond donors (Lipinski definition) is 2. The fourth-order valence-electron chi connectivity index (χ4n) is 2.02. The molecule has 5 heteroatoms. The summed E-state index contributed by atoms with van der Waals surface area (Å²) in [4.78, 5) is 12.3. The Bertz CT molecular complexity index is 646. The SMILES string of the molecule is COc1cc(NC(=O)c2ccc(N)cc2C)cc(OC)c1. The first-order valence-electron chi connectivity index (χ1n) is 6.44. The smallest absolute Gasteiger partial charge is 0.255 e. The fourth-order valence-corrected chi connectivity index (χ4v) is 2.02. The van der Waals surface area contributed by atoms with Gasteiger partial charge in [0, 0.05) is 35.1 Å². The van der Waals surface area contributed by atoms with Gasteiger partial charge in [-0.15, -0.1) is 0 Å². The van der Waals surface area contributed by atoms with E-state index in [1.807, 2.05) is 6.92 Å². The molecular formula is C16H18N2O3. The molecule has 0 aliphatic carbocycles. The summed E-state index contributed by atoms with van der Waals surface area (Å²) in [7, 11) is 3.12. The number of nitrogens with two attached hydrogens (primary N) is 1. The fraction of sp³-hybridized carbons (Fsp3) is 0.188. The Morgan fingerprint density at radius 2 is 1.67 bits per heavy atom. The van der Waals surface area contributed by atoms with Crippen molar-refractivity contribution in [2.24, 2.45) is 0 Å². The van der Waals surface area contributed by atoms with Crippen molar-refractivity contribution in [2.45, 2.75) is 6.92 Å². The number of methoxy groups -OCH3 is 2. The summed E-state index contributed by atoms with van der Waals surface area (Å²) in [6, 6.07) is 10.4. The molecule has 0 atom stereocenters. The van der Waals surface area contributed by atoms with Crippen molar-refractivity contribution in [3.8, 4) is 11.5 Å². The Labute approximate surface area is 123 Å². The second-order valence-electron chi connectivity index (χ2n) is 4.63. The van der Waals surface area contributed by atoms with Gasteiger partial charge in [-0.3, -0.25) is 4.79 Å². The highest BCUT2D eigenvalue weighted by atomic mass is 16.5. The van der Waals surface area contributed by atoms with Gasteiger partial charge in [-0.05, 0) is 30.7 Å². The van der Waals surface area contributed by atoms with Crippen molar-refractivity contribution in [2.75, 3.05) is 25.3 Å². The lowest BCUT2D eigenvalue weighted by atomic mass is 10.1. The molecular weight excluding hydrogens is 268 g/mol. The van der Waals surface area contributed by atoms with Crippen molar-refractivity contribution < 1.29 is 14.3 Å². The van der Waals surface area contributed by atoms with Gasteiger partial charge in [-0.1, -0.05) is 0 Å². The summed E-state index contributed by atoms with van der Waals surface area (Å²) < 4.78 is 10.4. The summed E-state index contributed by atoms with van der Waals surface area (Å²) in [5.41, 5.74) is 8.32. The number of benzene rings is 2. The number of carbonyl (C=O) groups is 1. The third kappa shape index (κ3) is 3.45. The first-order chi connectivity index (χ1) is 10.0. The molecule has 0 saturated heterocycles. The molecule has 2 aromatic rings. The zero-order valence-corrected chi connectivity index (χ0v) is 12.3. The lowest BCUT2D eigenvalue weighted by Gasteiger charge is -2.11. The standard InChI is InChI=1S/C16H18N2O3/c1-10-6-11(17)4-5-15(10)16(19)18-12-7-13(20-2)9-14(8-12)21-3/h4-9H,17H2,1-3H3,(H,18,19). The van der Waals surface area contributed by atoms with Gasteiger partial charge in [0.15, 0.2) is 0 Å². The third-order valence-electron chi connectivity index (χ3n) is 3.10. The van der Waals surface area contributed by atoms with E-state index in [0.29, 0.717) is 28.4 Å². The molecule has 5 nitrogen and oxygen atoms in total. The van der Waals surface area contributed by atoms with E-state index >= 15 is 0 Å². The molecule has 0 heterocycles. The van der Waals surface area contributed by atoms with Crippen LogP contribution in [0.25, 0.3) is 0 Å². The Morgan fingerprint density at radius 3 is 2.19 bits per heavy atom. The molecule has 0 aliphatic rings. The molecule has 0 radical (unpaired) electrons. The number of aryl methyl sites for hydroxylation is 1. The van der Waals surface area contributed by atoms with Crippen molar-refractivity contribution in [3.63, 3.8) is 0 Å². The van der Waals surface area contributed by atoms with E-state index in [4.69, 9.17) is 15.2 Å². The molecule has 0 bridgehead atoms. The van der Waals surface area contributed by atoms with Crippen molar-refractivity contribution >= 4 is 17.3 Å². The van der Waals surface area contributed by atoms with Gasteiger partial charge >= 0.3 is 0 Å². The van der Waals surface area contributed by atoms with Crippen LogP contribution in [0, 0.1) is 6.92 Å². The van der Waals surface area contributed by atoms with Crippen LogP contribution in [0.4, 0.5) is 11.4 Å². The highest BCUT2D eigenvalue weighted by Crippen LogP contribution is 2.26. The van der Waals surface area contributed by atoms with Crippen LogP contribution in [0.1, 0.15) is 15.9 Å². The predicted octanol–water partition coefficient (Wildman–Crippen LogP) is 2.85. The number of rotatable bonds is 4. The molecule has 2 aromatic carbocycles. The number of anilines is 2. The molecule has 0 aromatic heterocycles. The van der Waals surface area contributed by atoms with Gasteiger partial charge in [0.25, 0.3) is 5.91 Å². The van der Waals surface area contributed by atoms with Gasteiger partial charge in [-0.25, -0.2) is 0 Å². The number of ether oxygens (including phenoxy) is 2. The molecule has 2 rings (SSSR count). The second kappa shape index (κ2) is 6.17. The zero-order valence-electron chi connectivity index (χ0n) is 12.3. The van der Waals surface area contributed by atoms with Crippen LogP contribution in [0.15, 0.2) is 36.4 Å². The van der Waals surface area contributed by atoms with Gasteiger partial charge in [-0.2, -0.15) is 0 Å². The highest BCUT2D eigenvalue weighted by Gasteiger charge is 2.11. The second-order valence-corrected chi connectivity index (χ2v) is 4.63. The van der Waals surface area contributed by atoms with Crippen LogP contribution in [0.2, 0.25) is 0 Å². The molecule has 0 spiro atoms. The minimum Gasteiger partial charge on any atom is -0.497 e. The zero-order chi connectivity index (χ0) is 15.4. The average Bonchev–Trinajstić information content (AvgIpc) is 2.46. The van der Waals surface area contributed by atoms with E-state index in [0.717, 1.165) is 5.56 Å². The number of carbonyl (C=O) groups excluding carboxylic acids is 1. The Kier molecular flexibility index (Phi) is 4.33. The monoisotopic (exact) mass is 286 g/mol. The van der Waals surface area contributed by atoms with Crippen LogP contribution in [0.5, 0.6) is 11.5 Å². The van der Waals surface area contributed by atoms with Crippen LogP contribution >= 0.6 is 0 Å². The summed E-state index contributed by atoms with van der Waals surface area (Å²) >= 11 is 0. The van der Waals surface area contributed by atoms with Crippen molar-refractivity contribution in [3.05, 3.63) is 47.5 Å². The summed E-state index contributed by atoms with van der Waals surface area (Å²) in [6.07, 6.45) is 0. The highest BCUT2D eigenvalue weighted by molar-refractivity contribution is 6.05. The minimum atomic E-state index is -0.206. The molecule has 3 N–H and O–H groups in total. The molecule has 110 valence electrons. The summed E-state index contributed by atoms with van der Waals surface area (Å²) in [5, 5.41) is 2.83. The molecule has 0 aliphatic heterocycles. The first kappa shape index (κ1) is 14.7. The van der Waals surface area contributed by atoms with E-state index < -0.39 is 0 Å². The Morgan fingerprint density at radius 1 is 1.05 bits per heavy atom. The van der Waals surface area contributed by atoms with Crippen molar-refractivity contribution in [1.82, 2.24) is 0 Å². The van der Waals surface area contributed by atoms with Crippen LogP contribution in [-0.2, 0) is 0 Å². The quantitative estimate of drug-likeness (QED) is 0.848. The van der Waals surface area contributed by atoms with Crippen LogP contribution in [0.3, 0.4) is 0 Å². The Balaban J connectivity index is 2.26. The van der Waals surface area contributed by atoms with Gasteiger partial charge < -0.3 is 20.5 Å². The maximum Gasteiger partial charge on any atom is 0.255 e. The van der Waals surface area contributed by atoms with Gasteiger partial charge in [0.2, 0.25) is 0 Å². The molecule has 21 heavy (non-hydrogen) atoms. The average molecular weight is 286 g/mol. The number of hydrogen-bond acceptors (Lipinski definition) is 4. The Hall–Kier alpha value is -2.69. The van der Waals surface area contributed by atoms with E-state index in [1.54, 1.807) is 50.6 Å². The molecule has 0 unspecified atom stereocenters. The first-order valence-corrected chi connectivity index (χ1v) is 6.44. The number of nitrogen functional groups attached to an aromatic ring is 1. The molecule has 0 fully saturated rings. The minimum absolute atomic E-state index is 0.206. The van der Waals surface area contributed by atoms with E-state index in [-0.39, 0.29) is 5.91 Å². The summed E-state index contributed by atoms with van der Waals surface area (Å²) in [5.74, 6) is 1.01. The van der Waals surface area contributed by atoms with E-state index in [2.05, 4.69) is 5.32 Å². The maximum atomic E-state index is 12.3. The molecule has 0 saturated carbocycles. The predicted molar refractivity (Wildman–Crippen MR) is 83.1 cm³/mol. The lowest BCUT2D eigenvalue weighted by Crippen LogP contribution is -2.13. The van der Waals surface area contributed by atoms with E-state index in [9.17, 15) is 4.79 Å². The topological polar surface area (TPSA) is 73.6 Å². The molecule has 1 amide bonds. The maximum absolute atomic E-state index is 12.3.